The Balaban J connectivity index is 1.93. The standard InChI is InChI=1S/C15H13F4N3O5S/c1-14(2)5-12(22-27-14)28(24,25)6-10-7-3-9(20-13(23)15(17,18)19)8(16)4-11(7)26-21-10/h3-4H,5-6H2,1-2H3,(H,20,23). The summed E-state index contributed by atoms with van der Waals surface area (Å²) < 4.78 is 80.9. The Labute approximate surface area is 155 Å². The van der Waals surface area contributed by atoms with Crippen LogP contribution in [0.1, 0.15) is 26.0 Å². The summed E-state index contributed by atoms with van der Waals surface area (Å²) >= 11 is 0. The monoisotopic (exact) mass is 423 g/mol. The number of hydrogen-bond donors (Lipinski definition) is 1. The first-order valence-corrected chi connectivity index (χ1v) is 9.37. The normalized spacial score (nSPS) is 16.7. The quantitative estimate of drug-likeness (QED) is 0.760. The van der Waals surface area contributed by atoms with E-state index in [1.165, 1.54) is 5.32 Å². The van der Waals surface area contributed by atoms with Gasteiger partial charge in [-0.3, -0.25) is 4.79 Å². The number of rotatable bonds is 3. The van der Waals surface area contributed by atoms with Gasteiger partial charge in [0.1, 0.15) is 17.0 Å². The van der Waals surface area contributed by atoms with Crippen LogP contribution in [-0.2, 0) is 25.2 Å². The van der Waals surface area contributed by atoms with Gasteiger partial charge in [0.25, 0.3) is 0 Å². The average Bonchev–Trinajstić information content (AvgIpc) is 3.10. The molecule has 0 spiro atoms. The summed E-state index contributed by atoms with van der Waals surface area (Å²) in [6.07, 6.45) is -5.21. The molecule has 1 aromatic carbocycles. The molecule has 1 amide bonds. The number of anilines is 1. The fourth-order valence-electron chi connectivity index (χ4n) is 2.44. The number of nitrogens with zero attached hydrogens (tertiary/aromatic N) is 2. The summed E-state index contributed by atoms with van der Waals surface area (Å²) in [5.74, 6) is -4.28. The van der Waals surface area contributed by atoms with Crippen molar-refractivity contribution in [2.24, 2.45) is 5.16 Å². The van der Waals surface area contributed by atoms with Crippen LogP contribution < -0.4 is 5.32 Å². The summed E-state index contributed by atoms with van der Waals surface area (Å²) in [5, 5.41) is 8.19. The molecule has 0 saturated carbocycles. The zero-order chi connectivity index (χ0) is 20.9. The van der Waals surface area contributed by atoms with Gasteiger partial charge in [0.15, 0.2) is 16.4 Å². The molecule has 28 heavy (non-hydrogen) atoms. The number of sulfone groups is 1. The second-order valence-electron chi connectivity index (χ2n) is 6.68. The molecule has 1 N–H and O–H groups in total. The number of hydrogen-bond acceptors (Lipinski definition) is 7. The average molecular weight is 423 g/mol. The minimum absolute atomic E-state index is 0.0205. The second-order valence-corrected chi connectivity index (χ2v) is 8.67. The summed E-state index contributed by atoms with van der Waals surface area (Å²) in [6, 6.07) is 1.52. The summed E-state index contributed by atoms with van der Waals surface area (Å²) in [4.78, 5) is 16.1. The first-order valence-electron chi connectivity index (χ1n) is 7.72. The van der Waals surface area contributed by atoms with Gasteiger partial charge in [-0.1, -0.05) is 10.3 Å². The minimum atomic E-state index is -5.23. The molecule has 0 bridgehead atoms. The van der Waals surface area contributed by atoms with Crippen LogP contribution >= 0.6 is 0 Å². The zero-order valence-corrected chi connectivity index (χ0v) is 15.2. The molecular formula is C15H13F4N3O5S. The maximum atomic E-state index is 13.9. The summed E-state index contributed by atoms with van der Waals surface area (Å²) in [7, 11) is -3.97. The topological polar surface area (TPSA) is 111 Å². The van der Waals surface area contributed by atoms with E-state index in [1.807, 2.05) is 0 Å². The van der Waals surface area contributed by atoms with E-state index in [4.69, 9.17) is 9.36 Å². The van der Waals surface area contributed by atoms with Gasteiger partial charge < -0.3 is 14.7 Å². The van der Waals surface area contributed by atoms with E-state index >= 15 is 0 Å². The van der Waals surface area contributed by atoms with Gasteiger partial charge in [-0.05, 0) is 19.9 Å². The Morgan fingerprint density at radius 1 is 1.32 bits per heavy atom. The zero-order valence-electron chi connectivity index (χ0n) is 14.4. The third-order valence-electron chi connectivity index (χ3n) is 3.80. The highest BCUT2D eigenvalue weighted by Gasteiger charge is 2.39. The van der Waals surface area contributed by atoms with Crippen molar-refractivity contribution in [3.8, 4) is 0 Å². The van der Waals surface area contributed by atoms with Crippen molar-refractivity contribution < 1.29 is 40.1 Å². The van der Waals surface area contributed by atoms with Crippen LogP contribution in [0.25, 0.3) is 11.0 Å². The Kier molecular flexibility index (Phi) is 4.60. The Hall–Kier alpha value is -2.70. The van der Waals surface area contributed by atoms with Gasteiger partial charge in [0.05, 0.1) is 5.69 Å². The third kappa shape index (κ3) is 3.93. The maximum Gasteiger partial charge on any atom is 0.471 e. The van der Waals surface area contributed by atoms with Crippen molar-refractivity contribution in [3.05, 3.63) is 23.6 Å². The van der Waals surface area contributed by atoms with Gasteiger partial charge in [-0.15, -0.1) is 0 Å². The molecule has 13 heteroatoms. The van der Waals surface area contributed by atoms with Crippen molar-refractivity contribution in [1.82, 2.24) is 5.16 Å². The van der Waals surface area contributed by atoms with E-state index in [0.29, 0.717) is 6.07 Å². The number of nitrogens with one attached hydrogen (secondary N) is 1. The molecule has 0 fully saturated rings. The van der Waals surface area contributed by atoms with Crippen LogP contribution in [0.4, 0.5) is 23.2 Å². The molecule has 8 nitrogen and oxygen atoms in total. The van der Waals surface area contributed by atoms with Gasteiger partial charge >= 0.3 is 12.1 Å². The van der Waals surface area contributed by atoms with Crippen LogP contribution in [0.15, 0.2) is 21.8 Å². The third-order valence-corrected chi connectivity index (χ3v) is 5.39. The van der Waals surface area contributed by atoms with Crippen molar-refractivity contribution >= 4 is 37.4 Å². The van der Waals surface area contributed by atoms with Crippen molar-refractivity contribution in [2.45, 2.75) is 37.8 Å². The van der Waals surface area contributed by atoms with Crippen LogP contribution in [0.3, 0.4) is 0 Å². The van der Waals surface area contributed by atoms with Crippen LogP contribution in [0.5, 0.6) is 0 Å². The number of oxime groups is 1. The molecule has 3 rings (SSSR count). The Bertz CT molecular complexity index is 1090. The van der Waals surface area contributed by atoms with Crippen LogP contribution in [0, 0.1) is 5.82 Å². The first kappa shape index (κ1) is 20.0. The highest BCUT2D eigenvalue weighted by Crippen LogP contribution is 2.30. The molecule has 0 radical (unpaired) electrons. The molecule has 1 aromatic heterocycles. The highest BCUT2D eigenvalue weighted by molar-refractivity contribution is 8.05. The number of aromatic nitrogens is 1. The molecule has 0 aliphatic carbocycles. The van der Waals surface area contributed by atoms with E-state index in [0.717, 1.165) is 6.07 Å². The van der Waals surface area contributed by atoms with Gasteiger partial charge in [-0.2, -0.15) is 13.2 Å². The number of carbonyl (C=O) groups is 1. The van der Waals surface area contributed by atoms with E-state index in [1.54, 1.807) is 13.8 Å². The second kappa shape index (κ2) is 6.43. The van der Waals surface area contributed by atoms with Gasteiger partial charge in [-0.25, -0.2) is 12.8 Å². The van der Waals surface area contributed by atoms with E-state index in [2.05, 4.69) is 10.3 Å². The largest absolute Gasteiger partial charge is 0.471 e. The van der Waals surface area contributed by atoms with E-state index < -0.39 is 44.8 Å². The number of carbonyl (C=O) groups excluding carboxylic acids is 1. The van der Waals surface area contributed by atoms with Crippen molar-refractivity contribution in [1.29, 1.82) is 0 Å². The number of alkyl halides is 3. The van der Waals surface area contributed by atoms with Gasteiger partial charge in [0, 0.05) is 17.9 Å². The van der Waals surface area contributed by atoms with Gasteiger partial charge in [0.2, 0.25) is 9.84 Å². The molecule has 2 aromatic rings. The van der Waals surface area contributed by atoms with Crippen molar-refractivity contribution in [3.63, 3.8) is 0 Å². The van der Waals surface area contributed by atoms with Crippen LogP contribution in [-0.4, -0.2) is 36.3 Å². The fraction of sp³-hybridized carbons (Fsp3) is 0.400. The Morgan fingerprint density at radius 3 is 2.57 bits per heavy atom. The fourth-order valence-corrected chi connectivity index (χ4v) is 3.89. The lowest BCUT2D eigenvalue weighted by Gasteiger charge is -2.13. The highest BCUT2D eigenvalue weighted by atomic mass is 32.2. The molecule has 152 valence electrons. The number of fused-ring (bicyclic) bond motifs is 1. The summed E-state index contributed by atoms with van der Waals surface area (Å²) in [5.41, 5.74) is -1.96. The van der Waals surface area contributed by atoms with Crippen molar-refractivity contribution in [2.75, 3.05) is 5.32 Å². The molecule has 2 heterocycles. The Morgan fingerprint density at radius 2 is 2.00 bits per heavy atom. The smallest absolute Gasteiger partial charge is 0.389 e. The lowest BCUT2D eigenvalue weighted by Crippen LogP contribution is -2.30. The number of halogens is 4. The number of benzene rings is 1. The lowest BCUT2D eigenvalue weighted by atomic mass is 10.1. The molecule has 0 unspecified atom stereocenters. The van der Waals surface area contributed by atoms with E-state index in [9.17, 15) is 30.8 Å². The van der Waals surface area contributed by atoms with E-state index in [-0.39, 0.29) is 28.1 Å². The maximum absolute atomic E-state index is 13.9. The number of amides is 1. The molecular weight excluding hydrogens is 410 g/mol. The molecule has 0 atom stereocenters. The van der Waals surface area contributed by atoms with Crippen LogP contribution in [0.2, 0.25) is 0 Å². The summed E-state index contributed by atoms with van der Waals surface area (Å²) in [6.45, 7) is 3.28. The molecule has 1 aliphatic rings. The predicted molar refractivity (Wildman–Crippen MR) is 88.5 cm³/mol. The minimum Gasteiger partial charge on any atom is -0.389 e. The SMILES string of the molecule is CC1(C)CC(S(=O)(=O)Cc2noc3cc(F)c(NC(=O)C(F)(F)F)cc23)=NO1. The molecule has 1 aliphatic heterocycles. The predicted octanol–water partition coefficient (Wildman–Crippen LogP) is 2.89. The molecule has 0 saturated heterocycles. The first-order chi connectivity index (χ1) is 12.8. The lowest BCUT2D eigenvalue weighted by molar-refractivity contribution is -0.167.